The molecule has 7 nitrogen and oxygen atoms in total. The van der Waals surface area contributed by atoms with Crippen molar-refractivity contribution >= 4 is 38.8 Å². The number of aryl methyl sites for hydroxylation is 7. The molecule has 0 radical (unpaired) electrons. The molecule has 0 saturated heterocycles. The van der Waals surface area contributed by atoms with Crippen molar-refractivity contribution in [1.82, 2.24) is 0 Å². The zero-order valence-corrected chi connectivity index (χ0v) is 30.0. The molecule has 0 aliphatic carbocycles. The second-order valence-electron chi connectivity index (χ2n) is 11.7. The lowest BCUT2D eigenvalue weighted by Crippen LogP contribution is -2.03. The van der Waals surface area contributed by atoms with Gasteiger partial charge in [0.05, 0.1) is 7.11 Å². The largest absolute Gasteiger partial charge is 0.496 e. The third-order valence-electron chi connectivity index (χ3n) is 8.22. The van der Waals surface area contributed by atoms with Crippen molar-refractivity contribution in [3.05, 3.63) is 86.5 Å². The predicted octanol–water partition coefficient (Wildman–Crippen LogP) is 11.5. The molecule has 0 N–H and O–H groups in total. The van der Waals surface area contributed by atoms with E-state index in [0.29, 0.717) is 11.5 Å². The van der Waals surface area contributed by atoms with Crippen molar-refractivity contribution in [3.63, 3.8) is 0 Å². The van der Waals surface area contributed by atoms with Gasteiger partial charge in [0.1, 0.15) is 28.4 Å². The first-order chi connectivity index (χ1) is 21.4. The molecule has 0 aliphatic rings. The number of ether oxygens (including phenoxy) is 1. The van der Waals surface area contributed by atoms with Gasteiger partial charge in [0, 0.05) is 41.7 Å². The topological polar surface area (TPSA) is 72.4 Å². The third-order valence-corrected chi connectivity index (χ3v) is 10.1. The van der Waals surface area contributed by atoms with Crippen molar-refractivity contribution < 1.29 is 31.2 Å². The summed E-state index contributed by atoms with van der Waals surface area (Å²) in [7, 11) is 1.26. The van der Waals surface area contributed by atoms with Crippen molar-refractivity contribution in [3.8, 4) is 28.4 Å². The van der Waals surface area contributed by atoms with E-state index in [1.807, 2.05) is 26.8 Å². The first-order valence-electron chi connectivity index (χ1n) is 14.8. The number of benzene rings is 4. The summed E-state index contributed by atoms with van der Waals surface area (Å²) in [6, 6.07) is 12.7. The lowest BCUT2D eigenvalue weighted by atomic mass is 9.89. The first kappa shape index (κ1) is 32.9. The fourth-order valence-corrected chi connectivity index (χ4v) is 7.99. The molecule has 5 rings (SSSR count). The van der Waals surface area contributed by atoms with Gasteiger partial charge < -0.3 is 31.2 Å². The molecule has 0 bridgehead atoms. The Morgan fingerprint density at radius 3 is 1.58 bits per heavy atom. The Hall–Kier alpha value is -3.47. The zero-order chi connectivity index (χ0) is 32.7. The van der Waals surface area contributed by atoms with Gasteiger partial charge in [-0.15, -0.1) is 0 Å². The normalized spacial score (nSPS) is 11.5. The van der Waals surface area contributed by atoms with E-state index in [0.717, 1.165) is 88.9 Å². The number of fused-ring (bicyclic) bond motifs is 3. The molecular formula is C36H42O7P2. The molecule has 45 heavy (non-hydrogen) atoms. The molecule has 1 heterocycles. The Morgan fingerprint density at radius 1 is 0.556 bits per heavy atom. The van der Waals surface area contributed by atoms with Crippen LogP contribution in [0.4, 0.5) is 0 Å². The standard InChI is InChI=1S/C36H42O7P2/c1-19-13-22(4)33-28(15-19)29-16-20(2)14-23(5)34(29)41-45(40-33)43-35-24(6)17-21(3)26(8)31(35)32-27(9)30(37-10)18-25(7)36(32)42-44(38-11)39-12/h13-18H,1-12H3. The van der Waals surface area contributed by atoms with Gasteiger partial charge in [-0.3, -0.25) is 0 Å². The molecule has 0 amide bonds. The molecule has 0 aliphatic heterocycles. The third kappa shape index (κ3) is 6.20. The summed E-state index contributed by atoms with van der Waals surface area (Å²) >= 11 is 0. The van der Waals surface area contributed by atoms with Crippen LogP contribution in [0.5, 0.6) is 17.2 Å². The summed E-state index contributed by atoms with van der Waals surface area (Å²) in [4.78, 5) is 0. The highest BCUT2D eigenvalue weighted by Gasteiger charge is 2.28. The number of methoxy groups -OCH3 is 1. The van der Waals surface area contributed by atoms with Gasteiger partial charge in [-0.25, -0.2) is 0 Å². The summed E-state index contributed by atoms with van der Waals surface area (Å²) in [5.41, 5.74) is 12.5. The minimum Gasteiger partial charge on any atom is -0.496 e. The van der Waals surface area contributed by atoms with Gasteiger partial charge in [0.25, 0.3) is 0 Å². The highest BCUT2D eigenvalue weighted by atomic mass is 31.2. The van der Waals surface area contributed by atoms with Gasteiger partial charge in [-0.05, 0) is 125 Å². The van der Waals surface area contributed by atoms with E-state index >= 15 is 0 Å². The van der Waals surface area contributed by atoms with Gasteiger partial charge in [-0.1, -0.05) is 18.2 Å². The van der Waals surface area contributed by atoms with Crippen LogP contribution in [-0.4, -0.2) is 21.3 Å². The summed E-state index contributed by atoms with van der Waals surface area (Å²) in [5, 5.41) is 2.00. The highest BCUT2D eigenvalue weighted by molar-refractivity contribution is 7.42. The van der Waals surface area contributed by atoms with Crippen molar-refractivity contribution in [2.24, 2.45) is 0 Å². The number of hydrogen-bond acceptors (Lipinski definition) is 7. The summed E-state index contributed by atoms with van der Waals surface area (Å²) in [6.07, 6.45) is 0. The molecule has 0 saturated carbocycles. The average molecular weight is 649 g/mol. The Labute approximate surface area is 268 Å². The van der Waals surface area contributed by atoms with E-state index in [9.17, 15) is 0 Å². The molecule has 1 aromatic heterocycles. The van der Waals surface area contributed by atoms with Crippen molar-refractivity contribution in [2.75, 3.05) is 21.3 Å². The Kier molecular flexibility index (Phi) is 9.58. The monoisotopic (exact) mass is 648 g/mol. The van der Waals surface area contributed by atoms with Gasteiger partial charge in [0.2, 0.25) is 0 Å². The van der Waals surface area contributed by atoms with Crippen LogP contribution in [0.3, 0.4) is 0 Å². The molecule has 0 spiro atoms. The lowest BCUT2D eigenvalue weighted by molar-refractivity contribution is 0.276. The maximum absolute atomic E-state index is 6.92. The van der Waals surface area contributed by atoms with E-state index in [1.165, 1.54) is 0 Å². The summed E-state index contributed by atoms with van der Waals surface area (Å²) in [5.74, 6) is 2.04. The van der Waals surface area contributed by atoms with Crippen LogP contribution in [0, 0.1) is 62.3 Å². The Morgan fingerprint density at radius 2 is 1.07 bits per heavy atom. The van der Waals surface area contributed by atoms with E-state index in [4.69, 9.17) is 31.2 Å². The molecule has 9 heteroatoms. The summed E-state index contributed by atoms with van der Waals surface area (Å²) in [6.45, 7) is 18.6. The molecule has 238 valence electrons. The minimum absolute atomic E-state index is 0.643. The van der Waals surface area contributed by atoms with Crippen LogP contribution in [0.15, 0.2) is 44.8 Å². The molecule has 0 atom stereocenters. The smallest absolute Gasteiger partial charge is 0.453 e. The Balaban J connectivity index is 1.87. The van der Waals surface area contributed by atoms with Gasteiger partial charge >= 0.3 is 16.8 Å². The quantitative estimate of drug-likeness (QED) is 0.155. The van der Waals surface area contributed by atoms with E-state index in [-0.39, 0.29) is 0 Å². The minimum atomic E-state index is -1.92. The highest BCUT2D eigenvalue weighted by Crippen LogP contribution is 2.53. The number of hydrogen-bond donors (Lipinski definition) is 0. The lowest BCUT2D eigenvalue weighted by Gasteiger charge is -2.24. The number of rotatable bonds is 8. The average Bonchev–Trinajstić information content (AvgIpc) is 3.14. The predicted molar refractivity (Wildman–Crippen MR) is 185 cm³/mol. The molecule has 0 unspecified atom stereocenters. The van der Waals surface area contributed by atoms with Gasteiger partial charge in [-0.2, -0.15) is 0 Å². The van der Waals surface area contributed by atoms with Crippen LogP contribution in [0.25, 0.3) is 33.1 Å². The van der Waals surface area contributed by atoms with Crippen molar-refractivity contribution in [2.45, 2.75) is 62.3 Å². The van der Waals surface area contributed by atoms with Crippen LogP contribution in [0.1, 0.15) is 50.1 Å². The zero-order valence-electron chi connectivity index (χ0n) is 28.2. The fourth-order valence-electron chi connectivity index (χ4n) is 6.03. The van der Waals surface area contributed by atoms with Gasteiger partial charge in [0.15, 0.2) is 0 Å². The van der Waals surface area contributed by atoms with Crippen molar-refractivity contribution in [1.29, 1.82) is 0 Å². The van der Waals surface area contributed by atoms with Crippen LogP contribution < -0.4 is 13.8 Å². The maximum atomic E-state index is 6.92. The molecular weight excluding hydrogens is 606 g/mol. The SMILES string of the molecule is COc1cc(C)c(OP(OC)OC)c(-c2c(C)c(C)cc(C)c2Op2oc3c(C)cc(C)cc3c3cc(C)cc(C)c3o2)c1C. The van der Waals surface area contributed by atoms with E-state index in [1.54, 1.807) is 21.3 Å². The second-order valence-corrected chi connectivity index (χ2v) is 14.0. The van der Waals surface area contributed by atoms with Crippen LogP contribution in [-0.2, 0) is 9.05 Å². The fraction of sp³-hybridized carbons (Fsp3) is 0.333. The van der Waals surface area contributed by atoms with Crippen LogP contribution >= 0.6 is 16.8 Å². The maximum Gasteiger partial charge on any atom is 0.453 e. The van der Waals surface area contributed by atoms with Crippen LogP contribution in [0.2, 0.25) is 0 Å². The van der Waals surface area contributed by atoms with E-state index in [2.05, 4.69) is 71.9 Å². The molecule has 0 fully saturated rings. The Bertz CT molecular complexity index is 1900. The van der Waals surface area contributed by atoms with E-state index < -0.39 is 16.8 Å². The molecule has 4 aromatic carbocycles. The first-order valence-corrected chi connectivity index (χ1v) is 17.0. The molecule has 5 aromatic rings. The second kappa shape index (κ2) is 13.1. The summed E-state index contributed by atoms with van der Waals surface area (Å²) < 4.78 is 43.6.